The van der Waals surface area contributed by atoms with Crippen LogP contribution in [0.5, 0.6) is 0 Å². The van der Waals surface area contributed by atoms with E-state index in [2.05, 4.69) is 51.4 Å². The molecular weight excluding hydrogens is 348 g/mol. The lowest BCUT2D eigenvalue weighted by Crippen LogP contribution is -2.32. The molecule has 6 nitrogen and oxygen atoms in total. The quantitative estimate of drug-likeness (QED) is 0.536. The largest absolute Gasteiger partial charge is 0.337 e. The van der Waals surface area contributed by atoms with Crippen LogP contribution in [0, 0.1) is 0 Å². The molecule has 2 aromatic carbocycles. The zero-order valence-corrected chi connectivity index (χ0v) is 15.9. The molecule has 2 aromatic heterocycles. The number of benzene rings is 2. The molecular formula is C22H22N6. The van der Waals surface area contributed by atoms with Crippen LogP contribution in [0.4, 0.5) is 17.5 Å². The standard InChI is InChI=1S/C22H22N6/c1-16(2)28(15-17-8-4-3-5-9-17)22-26-20(14-24-27-22)25-19-12-6-10-18-11-7-13-23-21(18)19/h3-14,16H,15H2,1-2H3,(H,25,26,27). The maximum atomic E-state index is 4.71. The van der Waals surface area contributed by atoms with Crippen LogP contribution in [-0.2, 0) is 6.54 Å². The Balaban J connectivity index is 1.63. The average molecular weight is 370 g/mol. The highest BCUT2D eigenvalue weighted by molar-refractivity contribution is 5.91. The highest BCUT2D eigenvalue weighted by Crippen LogP contribution is 2.24. The predicted molar refractivity (Wildman–Crippen MR) is 113 cm³/mol. The van der Waals surface area contributed by atoms with E-state index in [0.717, 1.165) is 23.1 Å². The van der Waals surface area contributed by atoms with Gasteiger partial charge in [-0.2, -0.15) is 10.1 Å². The van der Waals surface area contributed by atoms with Crippen LogP contribution in [0.25, 0.3) is 10.9 Å². The lowest BCUT2D eigenvalue weighted by atomic mass is 10.2. The van der Waals surface area contributed by atoms with Gasteiger partial charge in [-0.1, -0.05) is 48.5 Å². The van der Waals surface area contributed by atoms with Crippen LogP contribution in [-0.4, -0.2) is 26.2 Å². The minimum Gasteiger partial charge on any atom is -0.337 e. The van der Waals surface area contributed by atoms with Crippen molar-refractivity contribution in [3.05, 3.63) is 78.6 Å². The van der Waals surface area contributed by atoms with Gasteiger partial charge in [-0.05, 0) is 31.5 Å². The summed E-state index contributed by atoms with van der Waals surface area (Å²) in [4.78, 5) is 11.3. The topological polar surface area (TPSA) is 66.8 Å². The molecule has 0 aliphatic heterocycles. The monoisotopic (exact) mass is 370 g/mol. The van der Waals surface area contributed by atoms with Gasteiger partial charge in [0.05, 0.1) is 17.4 Å². The van der Waals surface area contributed by atoms with Crippen molar-refractivity contribution in [3.63, 3.8) is 0 Å². The van der Waals surface area contributed by atoms with Gasteiger partial charge < -0.3 is 10.2 Å². The summed E-state index contributed by atoms with van der Waals surface area (Å²) < 4.78 is 0. The van der Waals surface area contributed by atoms with Gasteiger partial charge in [0, 0.05) is 24.2 Å². The van der Waals surface area contributed by atoms with Crippen molar-refractivity contribution in [2.24, 2.45) is 0 Å². The van der Waals surface area contributed by atoms with Gasteiger partial charge >= 0.3 is 0 Å². The maximum absolute atomic E-state index is 4.71. The van der Waals surface area contributed by atoms with E-state index in [-0.39, 0.29) is 6.04 Å². The number of fused-ring (bicyclic) bond motifs is 1. The third-order valence-corrected chi connectivity index (χ3v) is 4.52. The Bertz CT molecular complexity index is 1060. The zero-order chi connectivity index (χ0) is 19.3. The van der Waals surface area contributed by atoms with Crippen LogP contribution in [0.3, 0.4) is 0 Å². The van der Waals surface area contributed by atoms with Crippen LogP contribution >= 0.6 is 0 Å². The summed E-state index contributed by atoms with van der Waals surface area (Å²) in [7, 11) is 0. The number of nitrogens with zero attached hydrogens (tertiary/aromatic N) is 5. The van der Waals surface area contributed by atoms with E-state index in [1.165, 1.54) is 5.56 Å². The number of pyridine rings is 1. The van der Waals surface area contributed by atoms with E-state index in [4.69, 9.17) is 4.98 Å². The van der Waals surface area contributed by atoms with Crippen molar-refractivity contribution >= 4 is 28.4 Å². The number of anilines is 3. The van der Waals surface area contributed by atoms with Crippen LogP contribution in [0.2, 0.25) is 0 Å². The van der Waals surface area contributed by atoms with Gasteiger partial charge in [-0.15, -0.1) is 5.10 Å². The summed E-state index contributed by atoms with van der Waals surface area (Å²) >= 11 is 0. The molecule has 0 amide bonds. The number of hydrogen-bond donors (Lipinski definition) is 1. The Hall–Kier alpha value is -3.54. The molecule has 0 bridgehead atoms. The van der Waals surface area contributed by atoms with Crippen LogP contribution in [0.1, 0.15) is 19.4 Å². The van der Waals surface area contributed by atoms with E-state index >= 15 is 0 Å². The molecule has 1 N–H and O–H groups in total. The third-order valence-electron chi connectivity index (χ3n) is 4.52. The first-order chi connectivity index (χ1) is 13.7. The Labute approximate surface area is 164 Å². The Kier molecular flexibility index (Phi) is 5.10. The summed E-state index contributed by atoms with van der Waals surface area (Å²) in [6.45, 7) is 4.97. The molecule has 4 rings (SSSR count). The minimum atomic E-state index is 0.233. The van der Waals surface area contributed by atoms with Crippen molar-refractivity contribution in [2.75, 3.05) is 10.2 Å². The third kappa shape index (κ3) is 3.91. The van der Waals surface area contributed by atoms with Crippen molar-refractivity contribution < 1.29 is 0 Å². The van der Waals surface area contributed by atoms with Crippen molar-refractivity contribution in [1.82, 2.24) is 20.2 Å². The van der Waals surface area contributed by atoms with E-state index in [1.807, 2.05) is 48.5 Å². The molecule has 0 aliphatic rings. The van der Waals surface area contributed by atoms with Gasteiger partial charge in [0.15, 0.2) is 5.82 Å². The summed E-state index contributed by atoms with van der Waals surface area (Å²) in [5.74, 6) is 1.24. The molecule has 0 fully saturated rings. The number of hydrogen-bond acceptors (Lipinski definition) is 6. The Morgan fingerprint density at radius 1 is 0.964 bits per heavy atom. The molecule has 0 atom stereocenters. The first-order valence-corrected chi connectivity index (χ1v) is 9.32. The lowest BCUT2D eigenvalue weighted by Gasteiger charge is -2.26. The fourth-order valence-corrected chi connectivity index (χ4v) is 3.08. The Morgan fingerprint density at radius 2 is 1.79 bits per heavy atom. The molecule has 0 spiro atoms. The van der Waals surface area contributed by atoms with Crippen LogP contribution in [0.15, 0.2) is 73.1 Å². The van der Waals surface area contributed by atoms with E-state index < -0.39 is 0 Å². The van der Waals surface area contributed by atoms with Crippen molar-refractivity contribution in [2.45, 2.75) is 26.4 Å². The van der Waals surface area contributed by atoms with Crippen molar-refractivity contribution in [1.29, 1.82) is 0 Å². The zero-order valence-electron chi connectivity index (χ0n) is 15.9. The van der Waals surface area contributed by atoms with Crippen molar-refractivity contribution in [3.8, 4) is 0 Å². The SMILES string of the molecule is CC(C)N(Cc1ccccc1)c1nncc(Nc2cccc3cccnc23)n1. The summed E-state index contributed by atoms with van der Waals surface area (Å²) in [5.41, 5.74) is 3.00. The smallest absolute Gasteiger partial charge is 0.247 e. The van der Waals surface area contributed by atoms with Gasteiger partial charge in [-0.25, -0.2) is 0 Å². The number of aromatic nitrogens is 4. The molecule has 140 valence electrons. The average Bonchev–Trinajstić information content (AvgIpc) is 2.73. The van der Waals surface area contributed by atoms with E-state index in [0.29, 0.717) is 11.8 Å². The molecule has 4 aromatic rings. The van der Waals surface area contributed by atoms with E-state index in [9.17, 15) is 0 Å². The second kappa shape index (κ2) is 8.00. The maximum Gasteiger partial charge on any atom is 0.247 e. The molecule has 0 aliphatic carbocycles. The number of para-hydroxylation sites is 1. The Morgan fingerprint density at radius 3 is 2.61 bits per heavy atom. The lowest BCUT2D eigenvalue weighted by molar-refractivity contribution is 0.653. The van der Waals surface area contributed by atoms with Gasteiger partial charge in [0.2, 0.25) is 5.95 Å². The highest BCUT2D eigenvalue weighted by atomic mass is 15.3. The fraction of sp³-hybridized carbons (Fsp3) is 0.182. The fourth-order valence-electron chi connectivity index (χ4n) is 3.08. The highest BCUT2D eigenvalue weighted by Gasteiger charge is 2.15. The summed E-state index contributed by atoms with van der Waals surface area (Å²) in [6.07, 6.45) is 3.42. The van der Waals surface area contributed by atoms with Gasteiger partial charge in [0.25, 0.3) is 0 Å². The van der Waals surface area contributed by atoms with Crippen LogP contribution < -0.4 is 10.2 Å². The summed E-state index contributed by atoms with van der Waals surface area (Å²) in [6, 6.07) is 20.5. The molecule has 0 saturated carbocycles. The number of rotatable bonds is 6. The van der Waals surface area contributed by atoms with Gasteiger partial charge in [0.1, 0.15) is 0 Å². The number of nitrogens with one attached hydrogen (secondary N) is 1. The normalized spacial score (nSPS) is 11.0. The first-order valence-electron chi connectivity index (χ1n) is 9.32. The minimum absolute atomic E-state index is 0.233. The molecule has 2 heterocycles. The molecule has 28 heavy (non-hydrogen) atoms. The predicted octanol–water partition coefficient (Wildman–Crippen LogP) is 4.58. The van der Waals surface area contributed by atoms with E-state index in [1.54, 1.807) is 12.4 Å². The molecule has 6 heteroatoms. The summed E-state index contributed by atoms with van der Waals surface area (Å²) in [5, 5.41) is 12.9. The second-order valence-electron chi connectivity index (χ2n) is 6.85. The molecule has 0 unspecified atom stereocenters. The van der Waals surface area contributed by atoms with Gasteiger partial charge in [-0.3, -0.25) is 4.98 Å². The first kappa shape index (κ1) is 17.9. The molecule has 0 radical (unpaired) electrons. The molecule has 0 saturated heterocycles. The second-order valence-corrected chi connectivity index (χ2v) is 6.85.